The molecular weight excluding hydrogens is 291 g/mol. The summed E-state index contributed by atoms with van der Waals surface area (Å²) in [5, 5.41) is 10.6. The molecule has 2 aromatic rings. The maximum atomic E-state index is 12.2. The summed E-state index contributed by atoms with van der Waals surface area (Å²) >= 11 is 6.01. The summed E-state index contributed by atoms with van der Waals surface area (Å²) in [6.07, 6.45) is 0. The molecule has 1 N–H and O–H groups in total. The number of hydrogen-bond acceptors (Lipinski definition) is 2. The van der Waals surface area contributed by atoms with E-state index >= 15 is 0 Å². The van der Waals surface area contributed by atoms with Gasteiger partial charge in [0.05, 0.1) is 0 Å². The lowest BCUT2D eigenvalue weighted by Crippen LogP contribution is -1.89. The largest absolute Gasteiger partial charge is 0.507 e. The molecule has 0 saturated heterocycles. The lowest BCUT2D eigenvalue weighted by molar-refractivity contribution is 0.473. The molecule has 0 aromatic heterocycles. The van der Waals surface area contributed by atoms with Gasteiger partial charge < -0.3 is 9.67 Å². The van der Waals surface area contributed by atoms with Crippen molar-refractivity contribution in [2.45, 2.75) is 0 Å². The van der Waals surface area contributed by atoms with Crippen LogP contribution in [0.25, 0.3) is 5.57 Å². The van der Waals surface area contributed by atoms with Crippen molar-refractivity contribution in [3.8, 4) is 5.75 Å². The number of phenols is 1. The second-order valence-corrected chi connectivity index (χ2v) is 8.57. The fraction of sp³-hybridized carbons (Fsp3) is 0.125. The molecule has 0 saturated carbocycles. The van der Waals surface area contributed by atoms with Gasteiger partial charge in [0, 0.05) is 10.6 Å². The molecule has 0 aliphatic heterocycles. The van der Waals surface area contributed by atoms with Crippen LogP contribution in [0.5, 0.6) is 5.75 Å². The van der Waals surface area contributed by atoms with Crippen molar-refractivity contribution in [2.24, 2.45) is 0 Å². The Kier molecular flexibility index (Phi) is 4.37. The third kappa shape index (κ3) is 3.75. The molecule has 2 aromatic carbocycles. The predicted molar refractivity (Wildman–Crippen MR) is 86.1 cm³/mol. The zero-order valence-electron chi connectivity index (χ0n) is 11.4. The third-order valence-electron chi connectivity index (χ3n) is 2.77. The summed E-state index contributed by atoms with van der Waals surface area (Å²) < 4.78 is 12.2. The molecule has 4 heteroatoms. The van der Waals surface area contributed by atoms with Crippen LogP contribution in [-0.2, 0) is 4.57 Å². The van der Waals surface area contributed by atoms with Crippen molar-refractivity contribution >= 4 is 24.3 Å². The van der Waals surface area contributed by atoms with Gasteiger partial charge in [-0.1, -0.05) is 41.9 Å². The van der Waals surface area contributed by atoms with Crippen LogP contribution < -0.4 is 0 Å². The molecule has 0 fully saturated rings. The van der Waals surface area contributed by atoms with E-state index in [0.29, 0.717) is 10.6 Å². The van der Waals surface area contributed by atoms with Crippen molar-refractivity contribution in [1.82, 2.24) is 0 Å². The Hall–Kier alpha value is -1.50. The molecule has 0 unspecified atom stereocenters. The van der Waals surface area contributed by atoms with Gasteiger partial charge in [0.15, 0.2) is 0 Å². The molecule has 20 heavy (non-hydrogen) atoms. The molecule has 0 amide bonds. The molecule has 0 atom stereocenters. The number of aromatic hydroxyl groups is 1. The Morgan fingerprint density at radius 1 is 1.15 bits per heavy atom. The number of benzene rings is 2. The number of phenolic OH excluding ortho intramolecular Hbond substituents is 1. The molecule has 104 valence electrons. The second-order valence-electron chi connectivity index (χ2n) is 5.00. The van der Waals surface area contributed by atoms with E-state index in [1.54, 1.807) is 37.3 Å². The SMILES string of the molecule is CP(C)(=O)C=C(c1ccccc1)c1cc(Cl)ccc1O. The summed E-state index contributed by atoms with van der Waals surface area (Å²) in [6.45, 7) is 3.38. The topological polar surface area (TPSA) is 37.3 Å². The highest BCUT2D eigenvalue weighted by molar-refractivity contribution is 7.65. The molecule has 0 aliphatic carbocycles. The van der Waals surface area contributed by atoms with E-state index in [1.807, 2.05) is 30.3 Å². The van der Waals surface area contributed by atoms with E-state index in [0.717, 1.165) is 11.1 Å². The van der Waals surface area contributed by atoms with Gasteiger partial charge in [0.1, 0.15) is 12.9 Å². The Morgan fingerprint density at radius 3 is 2.40 bits per heavy atom. The summed E-state index contributed by atoms with van der Waals surface area (Å²) in [7, 11) is -2.40. The Balaban J connectivity index is 2.68. The van der Waals surface area contributed by atoms with E-state index in [1.165, 1.54) is 0 Å². The van der Waals surface area contributed by atoms with Gasteiger partial charge in [-0.2, -0.15) is 0 Å². The maximum absolute atomic E-state index is 12.2. The highest BCUT2D eigenvalue weighted by Gasteiger charge is 2.14. The van der Waals surface area contributed by atoms with Gasteiger partial charge >= 0.3 is 0 Å². The first kappa shape index (κ1) is 14.9. The van der Waals surface area contributed by atoms with Crippen LogP contribution in [0.1, 0.15) is 11.1 Å². The minimum absolute atomic E-state index is 0.123. The normalized spacial score (nSPS) is 12.4. The molecular formula is C16H16ClO2P. The van der Waals surface area contributed by atoms with E-state index in [2.05, 4.69) is 0 Å². The molecule has 0 heterocycles. The average molecular weight is 307 g/mol. The zero-order valence-corrected chi connectivity index (χ0v) is 13.0. The van der Waals surface area contributed by atoms with Gasteiger partial charge in [-0.3, -0.25) is 0 Å². The first-order chi connectivity index (χ1) is 9.37. The molecule has 0 bridgehead atoms. The van der Waals surface area contributed by atoms with Crippen LogP contribution in [0.3, 0.4) is 0 Å². The summed E-state index contributed by atoms with van der Waals surface area (Å²) in [5.74, 6) is 1.84. The van der Waals surface area contributed by atoms with Crippen LogP contribution in [0.2, 0.25) is 5.02 Å². The molecule has 0 aliphatic rings. The van der Waals surface area contributed by atoms with Crippen molar-refractivity contribution in [2.75, 3.05) is 13.3 Å². The van der Waals surface area contributed by atoms with Crippen LogP contribution in [0, 0.1) is 0 Å². The summed E-state index contributed by atoms with van der Waals surface area (Å²) in [4.78, 5) is 0. The van der Waals surface area contributed by atoms with Gasteiger partial charge in [-0.15, -0.1) is 0 Å². The van der Waals surface area contributed by atoms with Gasteiger partial charge in [0.2, 0.25) is 0 Å². The fourth-order valence-electron chi connectivity index (χ4n) is 1.95. The third-order valence-corrected chi connectivity index (χ3v) is 3.89. The quantitative estimate of drug-likeness (QED) is 0.805. The molecule has 0 spiro atoms. The minimum atomic E-state index is -2.40. The Bertz CT molecular complexity index is 687. The van der Waals surface area contributed by atoms with Gasteiger partial charge in [0.25, 0.3) is 0 Å². The highest BCUT2D eigenvalue weighted by Crippen LogP contribution is 2.44. The number of rotatable bonds is 3. The molecule has 2 rings (SSSR count). The van der Waals surface area contributed by atoms with E-state index in [9.17, 15) is 9.67 Å². The average Bonchev–Trinajstić information content (AvgIpc) is 2.39. The Morgan fingerprint density at radius 2 is 1.80 bits per heavy atom. The van der Waals surface area contributed by atoms with E-state index in [4.69, 9.17) is 11.6 Å². The number of halogens is 1. The molecule has 2 nitrogen and oxygen atoms in total. The van der Waals surface area contributed by atoms with E-state index < -0.39 is 7.14 Å². The van der Waals surface area contributed by atoms with Crippen LogP contribution in [-0.4, -0.2) is 18.4 Å². The number of hydrogen-bond donors (Lipinski definition) is 1. The second kappa shape index (κ2) is 5.87. The van der Waals surface area contributed by atoms with Crippen molar-refractivity contribution in [3.63, 3.8) is 0 Å². The van der Waals surface area contributed by atoms with Crippen LogP contribution in [0.15, 0.2) is 54.3 Å². The Labute approximate surface area is 124 Å². The van der Waals surface area contributed by atoms with Crippen molar-refractivity contribution < 1.29 is 9.67 Å². The first-order valence-corrected chi connectivity index (χ1v) is 9.23. The molecule has 0 radical (unpaired) electrons. The van der Waals surface area contributed by atoms with Crippen LogP contribution in [0.4, 0.5) is 0 Å². The highest BCUT2D eigenvalue weighted by atomic mass is 35.5. The predicted octanol–water partition coefficient (Wildman–Crippen LogP) is 5.06. The van der Waals surface area contributed by atoms with Gasteiger partial charge in [-0.05, 0) is 48.5 Å². The summed E-state index contributed by atoms with van der Waals surface area (Å²) in [6, 6.07) is 14.4. The van der Waals surface area contributed by atoms with Crippen molar-refractivity contribution in [3.05, 3.63) is 70.5 Å². The maximum Gasteiger partial charge on any atom is 0.123 e. The van der Waals surface area contributed by atoms with E-state index in [-0.39, 0.29) is 5.75 Å². The minimum Gasteiger partial charge on any atom is -0.507 e. The van der Waals surface area contributed by atoms with Gasteiger partial charge in [-0.25, -0.2) is 0 Å². The summed E-state index contributed by atoms with van der Waals surface area (Å²) in [5.41, 5.74) is 2.22. The standard InChI is InChI=1S/C16H16ClO2P/c1-20(2,19)11-15(12-6-4-3-5-7-12)14-10-13(17)8-9-16(14)18/h3-11,18H,1-2H3. The fourth-order valence-corrected chi connectivity index (χ4v) is 3.03. The lowest BCUT2D eigenvalue weighted by atomic mass is 9.99. The monoisotopic (exact) mass is 306 g/mol. The zero-order chi connectivity index (χ0) is 14.8. The smallest absolute Gasteiger partial charge is 0.123 e. The first-order valence-electron chi connectivity index (χ1n) is 6.19. The lowest BCUT2D eigenvalue weighted by Gasteiger charge is -2.12. The van der Waals surface area contributed by atoms with Crippen molar-refractivity contribution in [1.29, 1.82) is 0 Å². The van der Waals surface area contributed by atoms with Crippen LogP contribution >= 0.6 is 18.7 Å².